The maximum absolute atomic E-state index is 13.7. The zero-order chi connectivity index (χ0) is 21.2. The maximum Gasteiger partial charge on any atom is 0.421 e. The Morgan fingerprint density at radius 3 is 2.34 bits per heavy atom. The monoisotopic (exact) mass is 409 g/mol. The Balaban J connectivity index is 2.01. The van der Waals surface area contributed by atoms with Crippen LogP contribution in [0, 0.1) is 0 Å². The lowest BCUT2D eigenvalue weighted by Crippen LogP contribution is -2.25. The van der Waals surface area contributed by atoms with Gasteiger partial charge in [0, 0.05) is 13.2 Å². The topological polar surface area (TPSA) is 47.5 Å². The molecule has 2 aromatic rings. The van der Waals surface area contributed by atoms with Gasteiger partial charge in [0.05, 0.1) is 5.69 Å². The number of hydrogen-bond donors (Lipinski definition) is 0. The van der Waals surface area contributed by atoms with Gasteiger partial charge in [0.2, 0.25) is 0 Å². The smallest absolute Gasteiger partial charge is 0.421 e. The summed E-state index contributed by atoms with van der Waals surface area (Å²) in [6, 6.07) is 6.90. The van der Waals surface area contributed by atoms with Crippen molar-refractivity contribution in [2.24, 2.45) is 0 Å². The highest BCUT2D eigenvalue weighted by Gasteiger charge is 2.37. The number of rotatable bonds is 5. The highest BCUT2D eigenvalue weighted by molar-refractivity contribution is 5.68. The van der Waals surface area contributed by atoms with Gasteiger partial charge in [-0.05, 0) is 58.6 Å². The summed E-state index contributed by atoms with van der Waals surface area (Å²) in [7, 11) is 1.53. The van der Waals surface area contributed by atoms with Crippen molar-refractivity contribution in [1.29, 1.82) is 0 Å². The Kier molecular flexibility index (Phi) is 5.91. The molecule has 1 fully saturated rings. The number of ether oxygens (including phenoxy) is 2. The largest absolute Gasteiger partial charge is 0.486 e. The number of benzene rings is 1. The third kappa shape index (κ3) is 5.31. The first-order valence-electron chi connectivity index (χ1n) is 9.67. The standard InChI is InChI=1S/C21H26F3N3O2/c1-20(2,3)29-17-12-8-7-11-16(17)27(4)18-15(21(22,23)24)13-25-19(26-18)28-14-9-5-6-10-14/h7-8,11-14H,5-6,9-10H2,1-4H3. The molecule has 0 aliphatic heterocycles. The van der Waals surface area contributed by atoms with Gasteiger partial charge >= 0.3 is 12.2 Å². The Labute approximate surface area is 168 Å². The molecular formula is C21H26F3N3O2. The molecule has 0 amide bonds. The second kappa shape index (κ2) is 8.08. The van der Waals surface area contributed by atoms with Crippen LogP contribution >= 0.6 is 0 Å². The second-order valence-electron chi connectivity index (χ2n) is 8.15. The van der Waals surface area contributed by atoms with Crippen molar-refractivity contribution >= 4 is 11.5 Å². The van der Waals surface area contributed by atoms with Crippen LogP contribution in [0.15, 0.2) is 30.5 Å². The Bertz CT molecular complexity index is 844. The Morgan fingerprint density at radius 2 is 1.72 bits per heavy atom. The van der Waals surface area contributed by atoms with Crippen LogP contribution in [0.3, 0.4) is 0 Å². The van der Waals surface area contributed by atoms with Crippen LogP contribution in [0.25, 0.3) is 0 Å². The van der Waals surface area contributed by atoms with Crippen LogP contribution in [-0.4, -0.2) is 28.7 Å². The van der Waals surface area contributed by atoms with Crippen molar-refractivity contribution < 1.29 is 22.6 Å². The van der Waals surface area contributed by atoms with Crippen molar-refractivity contribution in [2.45, 2.75) is 64.3 Å². The minimum absolute atomic E-state index is 0.0408. The zero-order valence-electron chi connectivity index (χ0n) is 17.1. The van der Waals surface area contributed by atoms with E-state index in [1.807, 2.05) is 20.8 Å². The van der Waals surface area contributed by atoms with E-state index in [9.17, 15) is 13.2 Å². The number of hydrogen-bond acceptors (Lipinski definition) is 5. The Hall–Kier alpha value is -2.51. The fraction of sp³-hybridized carbons (Fsp3) is 0.524. The molecular weight excluding hydrogens is 383 g/mol. The van der Waals surface area contributed by atoms with E-state index in [-0.39, 0.29) is 17.9 Å². The minimum atomic E-state index is -4.60. The van der Waals surface area contributed by atoms with Gasteiger partial charge in [-0.1, -0.05) is 12.1 Å². The van der Waals surface area contributed by atoms with Gasteiger partial charge in [0.15, 0.2) is 5.82 Å². The molecule has 0 atom stereocenters. The zero-order valence-corrected chi connectivity index (χ0v) is 17.1. The van der Waals surface area contributed by atoms with Gasteiger partial charge in [-0.2, -0.15) is 18.2 Å². The van der Waals surface area contributed by atoms with Crippen LogP contribution < -0.4 is 14.4 Å². The van der Waals surface area contributed by atoms with E-state index in [1.165, 1.54) is 11.9 Å². The molecule has 0 radical (unpaired) electrons. The molecule has 8 heteroatoms. The summed E-state index contributed by atoms with van der Waals surface area (Å²) in [5.41, 5.74) is -0.963. The van der Waals surface area contributed by atoms with E-state index in [0.29, 0.717) is 11.4 Å². The van der Waals surface area contributed by atoms with E-state index < -0.39 is 17.3 Å². The molecule has 0 N–H and O–H groups in total. The molecule has 1 aliphatic carbocycles. The van der Waals surface area contributed by atoms with Crippen molar-refractivity contribution in [2.75, 3.05) is 11.9 Å². The first kappa shape index (κ1) is 21.2. The molecule has 1 aliphatic rings. The number of aromatic nitrogens is 2. The first-order chi connectivity index (χ1) is 13.5. The lowest BCUT2D eigenvalue weighted by atomic mass is 10.1. The molecule has 1 aromatic carbocycles. The summed E-state index contributed by atoms with van der Waals surface area (Å²) >= 11 is 0. The molecule has 0 bridgehead atoms. The molecule has 1 heterocycles. The minimum Gasteiger partial charge on any atom is -0.486 e. The summed E-state index contributed by atoms with van der Waals surface area (Å²) in [6.45, 7) is 5.63. The van der Waals surface area contributed by atoms with Crippen LogP contribution in [-0.2, 0) is 6.18 Å². The lowest BCUT2D eigenvalue weighted by molar-refractivity contribution is -0.137. The van der Waals surface area contributed by atoms with Gasteiger partial charge in [0.1, 0.15) is 23.0 Å². The summed E-state index contributed by atoms with van der Waals surface area (Å²) < 4.78 is 52.6. The molecule has 29 heavy (non-hydrogen) atoms. The van der Waals surface area contributed by atoms with Crippen LogP contribution in [0.1, 0.15) is 52.0 Å². The average molecular weight is 409 g/mol. The van der Waals surface area contributed by atoms with Crippen molar-refractivity contribution in [1.82, 2.24) is 9.97 Å². The van der Waals surface area contributed by atoms with Crippen LogP contribution in [0.4, 0.5) is 24.7 Å². The maximum atomic E-state index is 13.7. The van der Waals surface area contributed by atoms with Gasteiger partial charge in [-0.3, -0.25) is 0 Å². The number of alkyl halides is 3. The molecule has 158 valence electrons. The summed E-state index contributed by atoms with van der Waals surface area (Å²) in [5.74, 6) is 0.193. The third-order valence-electron chi connectivity index (χ3n) is 4.59. The van der Waals surface area contributed by atoms with Crippen molar-refractivity contribution in [3.05, 3.63) is 36.0 Å². The number of nitrogens with zero attached hydrogens (tertiary/aromatic N) is 3. The summed E-state index contributed by atoms with van der Waals surface area (Å²) in [6.07, 6.45) is -0.0756. The fourth-order valence-electron chi connectivity index (χ4n) is 3.29. The van der Waals surface area contributed by atoms with E-state index in [2.05, 4.69) is 9.97 Å². The molecule has 5 nitrogen and oxygen atoms in total. The SMILES string of the molecule is CN(c1ccccc1OC(C)(C)C)c1nc(OC2CCCC2)ncc1C(F)(F)F. The van der Waals surface area contributed by atoms with Gasteiger partial charge in [-0.25, -0.2) is 4.98 Å². The van der Waals surface area contributed by atoms with Crippen LogP contribution in [0.5, 0.6) is 11.8 Å². The molecule has 1 aromatic heterocycles. The Morgan fingerprint density at radius 1 is 1.07 bits per heavy atom. The second-order valence-corrected chi connectivity index (χ2v) is 8.15. The predicted octanol–water partition coefficient (Wildman–Crippen LogP) is 5.76. The van der Waals surface area contributed by atoms with E-state index in [1.54, 1.807) is 24.3 Å². The molecule has 3 rings (SSSR count). The summed E-state index contributed by atoms with van der Waals surface area (Å²) in [4.78, 5) is 9.32. The predicted molar refractivity (Wildman–Crippen MR) is 105 cm³/mol. The lowest BCUT2D eigenvalue weighted by Gasteiger charge is -2.28. The highest BCUT2D eigenvalue weighted by atomic mass is 19.4. The molecule has 0 spiro atoms. The van der Waals surface area contributed by atoms with Gasteiger partial charge in [-0.15, -0.1) is 0 Å². The highest BCUT2D eigenvalue weighted by Crippen LogP contribution is 2.41. The van der Waals surface area contributed by atoms with Gasteiger partial charge < -0.3 is 14.4 Å². The van der Waals surface area contributed by atoms with Gasteiger partial charge in [0.25, 0.3) is 0 Å². The van der Waals surface area contributed by atoms with Crippen molar-refractivity contribution in [3.63, 3.8) is 0 Å². The molecule has 1 saturated carbocycles. The average Bonchev–Trinajstić information content (AvgIpc) is 3.12. The summed E-state index contributed by atoms with van der Waals surface area (Å²) in [5, 5.41) is 0. The third-order valence-corrected chi connectivity index (χ3v) is 4.59. The fourth-order valence-corrected chi connectivity index (χ4v) is 3.29. The van der Waals surface area contributed by atoms with E-state index >= 15 is 0 Å². The van der Waals surface area contributed by atoms with Crippen LogP contribution in [0.2, 0.25) is 0 Å². The quantitative estimate of drug-likeness (QED) is 0.628. The molecule has 0 unspecified atom stereocenters. The number of anilines is 2. The first-order valence-corrected chi connectivity index (χ1v) is 9.67. The van der Waals surface area contributed by atoms with E-state index in [4.69, 9.17) is 9.47 Å². The van der Waals surface area contributed by atoms with Crippen molar-refractivity contribution in [3.8, 4) is 11.8 Å². The van der Waals surface area contributed by atoms with E-state index in [0.717, 1.165) is 31.9 Å². The number of para-hydroxylation sites is 2. The molecule has 0 saturated heterocycles. The number of halogens is 3. The normalized spacial score (nSPS) is 15.4.